The smallest absolute Gasteiger partial charge is 0.154 e. The Morgan fingerprint density at radius 2 is 2.11 bits per heavy atom. The zero-order chi connectivity index (χ0) is 14.6. The van der Waals surface area contributed by atoms with Crippen molar-refractivity contribution in [3.8, 4) is 0 Å². The monoisotopic (exact) mass is 307 g/mol. The number of nitrogens with two attached hydrogens (primary N) is 1. The van der Waals surface area contributed by atoms with Crippen molar-refractivity contribution < 1.29 is 17.6 Å². The first-order valence-electron chi connectivity index (χ1n) is 5.59. The van der Waals surface area contributed by atoms with Crippen LogP contribution in [0.25, 0.3) is 0 Å². The molecule has 0 saturated heterocycles. The topological polar surface area (TPSA) is 77.2 Å². The van der Waals surface area contributed by atoms with Crippen LogP contribution in [-0.2, 0) is 21.1 Å². The summed E-state index contributed by atoms with van der Waals surface area (Å²) in [5.41, 5.74) is 5.79. The highest BCUT2D eigenvalue weighted by molar-refractivity contribution is 7.90. The van der Waals surface area contributed by atoms with E-state index in [0.29, 0.717) is 0 Å². The highest BCUT2D eigenvalue weighted by Gasteiger charge is 2.17. The summed E-state index contributed by atoms with van der Waals surface area (Å²) in [6.45, 7) is 0. The molecule has 0 aliphatic carbocycles. The molecule has 0 bridgehead atoms. The second kappa shape index (κ2) is 6.45. The van der Waals surface area contributed by atoms with Crippen LogP contribution in [0.3, 0.4) is 0 Å². The van der Waals surface area contributed by atoms with E-state index >= 15 is 0 Å². The lowest BCUT2D eigenvalue weighted by atomic mass is 10.0. The molecule has 19 heavy (non-hydrogen) atoms. The van der Waals surface area contributed by atoms with Crippen LogP contribution in [0.15, 0.2) is 18.2 Å². The number of hydrogen-bond donors (Lipinski definition) is 1. The fourth-order valence-electron chi connectivity index (χ4n) is 1.49. The van der Waals surface area contributed by atoms with Gasteiger partial charge in [-0.3, -0.25) is 4.79 Å². The van der Waals surface area contributed by atoms with E-state index in [2.05, 4.69) is 0 Å². The average Bonchev–Trinajstić information content (AvgIpc) is 2.28. The molecule has 0 aromatic heterocycles. The van der Waals surface area contributed by atoms with E-state index in [-0.39, 0.29) is 29.2 Å². The number of rotatable bonds is 6. The molecule has 0 radical (unpaired) electrons. The molecular weight excluding hydrogens is 293 g/mol. The molecule has 0 saturated carbocycles. The summed E-state index contributed by atoms with van der Waals surface area (Å²) >= 11 is 5.60. The predicted molar refractivity (Wildman–Crippen MR) is 72.4 cm³/mol. The summed E-state index contributed by atoms with van der Waals surface area (Å²) in [6, 6.07) is 3.10. The van der Waals surface area contributed by atoms with Crippen LogP contribution in [0, 0.1) is 5.82 Å². The molecule has 7 heteroatoms. The van der Waals surface area contributed by atoms with Crippen molar-refractivity contribution in [3.05, 3.63) is 34.6 Å². The summed E-state index contributed by atoms with van der Waals surface area (Å²) in [7, 11) is -3.16. The Morgan fingerprint density at radius 3 is 2.63 bits per heavy atom. The summed E-state index contributed by atoms with van der Waals surface area (Å²) < 4.78 is 35.4. The zero-order valence-corrected chi connectivity index (χ0v) is 12.0. The van der Waals surface area contributed by atoms with Gasteiger partial charge in [0.15, 0.2) is 5.78 Å². The van der Waals surface area contributed by atoms with Crippen molar-refractivity contribution in [2.24, 2.45) is 5.73 Å². The van der Waals surface area contributed by atoms with Crippen LogP contribution in [0.1, 0.15) is 12.0 Å². The van der Waals surface area contributed by atoms with E-state index in [1.54, 1.807) is 0 Å². The number of hydrogen-bond acceptors (Lipinski definition) is 4. The molecule has 0 aliphatic heterocycles. The molecule has 1 unspecified atom stereocenters. The highest BCUT2D eigenvalue weighted by atomic mass is 35.5. The third kappa shape index (κ3) is 5.67. The maximum Gasteiger partial charge on any atom is 0.154 e. The minimum Gasteiger partial charge on any atom is -0.321 e. The van der Waals surface area contributed by atoms with Crippen molar-refractivity contribution in [1.29, 1.82) is 0 Å². The second-order valence-corrected chi connectivity index (χ2v) is 7.10. The van der Waals surface area contributed by atoms with E-state index < -0.39 is 27.5 Å². The number of ketones is 1. The van der Waals surface area contributed by atoms with Crippen molar-refractivity contribution in [2.45, 2.75) is 18.9 Å². The number of benzene rings is 1. The fraction of sp³-hybridized carbons (Fsp3) is 0.417. The summed E-state index contributed by atoms with van der Waals surface area (Å²) in [6.07, 6.45) is 0.934. The molecule has 106 valence electrons. The standard InChI is InChI=1S/C12H15ClFNO3S/c1-19(17,18)5-4-11(15)12(16)6-8-2-3-9(13)7-10(8)14/h2-3,7,11H,4-6,15H2,1H3. The van der Waals surface area contributed by atoms with Crippen molar-refractivity contribution >= 4 is 27.2 Å². The fourth-order valence-corrected chi connectivity index (χ4v) is 2.33. The molecule has 0 amide bonds. The average molecular weight is 308 g/mol. The van der Waals surface area contributed by atoms with Crippen LogP contribution in [-0.4, -0.2) is 32.3 Å². The van der Waals surface area contributed by atoms with Crippen molar-refractivity contribution in [3.63, 3.8) is 0 Å². The Labute approximate surface area is 116 Å². The molecule has 1 aromatic carbocycles. The van der Waals surface area contributed by atoms with Gasteiger partial charge in [0.2, 0.25) is 0 Å². The lowest BCUT2D eigenvalue weighted by Gasteiger charge is -2.10. The molecule has 0 heterocycles. The Bertz CT molecular complexity index is 574. The quantitative estimate of drug-likeness (QED) is 0.860. The van der Waals surface area contributed by atoms with Gasteiger partial charge in [-0.25, -0.2) is 12.8 Å². The molecule has 1 rings (SSSR count). The number of Topliss-reactive ketones (excluding diaryl/α,β-unsaturated/α-hetero) is 1. The molecule has 0 fully saturated rings. The van der Waals surface area contributed by atoms with Gasteiger partial charge in [0.1, 0.15) is 15.7 Å². The van der Waals surface area contributed by atoms with Crippen LogP contribution in [0.5, 0.6) is 0 Å². The van der Waals surface area contributed by atoms with Crippen LogP contribution >= 0.6 is 11.6 Å². The van der Waals surface area contributed by atoms with Crippen molar-refractivity contribution in [1.82, 2.24) is 0 Å². The van der Waals surface area contributed by atoms with Gasteiger partial charge in [-0.2, -0.15) is 0 Å². The lowest BCUT2D eigenvalue weighted by molar-refractivity contribution is -0.119. The number of halogens is 2. The third-order valence-corrected chi connectivity index (χ3v) is 3.81. The minimum atomic E-state index is -3.16. The number of carbonyl (C=O) groups excluding carboxylic acids is 1. The van der Waals surface area contributed by atoms with E-state index in [9.17, 15) is 17.6 Å². The highest BCUT2D eigenvalue weighted by Crippen LogP contribution is 2.15. The second-order valence-electron chi connectivity index (χ2n) is 4.40. The first-order valence-corrected chi connectivity index (χ1v) is 8.03. The van der Waals surface area contributed by atoms with E-state index in [0.717, 1.165) is 12.3 Å². The minimum absolute atomic E-state index is 0.0346. The molecule has 0 spiro atoms. The lowest BCUT2D eigenvalue weighted by Crippen LogP contribution is -2.33. The molecule has 2 N–H and O–H groups in total. The van der Waals surface area contributed by atoms with Gasteiger partial charge in [-0.05, 0) is 24.1 Å². The molecule has 0 aliphatic rings. The van der Waals surface area contributed by atoms with Gasteiger partial charge >= 0.3 is 0 Å². The van der Waals surface area contributed by atoms with Gasteiger partial charge in [-0.1, -0.05) is 17.7 Å². The predicted octanol–water partition coefficient (Wildman–Crippen LogP) is 1.35. The van der Waals surface area contributed by atoms with Crippen LogP contribution < -0.4 is 5.73 Å². The van der Waals surface area contributed by atoms with Crippen molar-refractivity contribution in [2.75, 3.05) is 12.0 Å². The summed E-state index contributed by atoms with van der Waals surface area (Å²) in [5, 5.41) is 0.245. The third-order valence-electron chi connectivity index (χ3n) is 2.59. The number of sulfone groups is 1. The number of carbonyl (C=O) groups is 1. The Morgan fingerprint density at radius 1 is 1.47 bits per heavy atom. The van der Waals surface area contributed by atoms with E-state index in [1.165, 1.54) is 12.1 Å². The Balaban J connectivity index is 2.64. The summed E-state index contributed by atoms with van der Waals surface area (Å²) in [5.74, 6) is -1.13. The summed E-state index contributed by atoms with van der Waals surface area (Å²) in [4.78, 5) is 11.7. The van der Waals surface area contributed by atoms with E-state index in [4.69, 9.17) is 17.3 Å². The molecule has 1 aromatic rings. The molecule has 1 atom stereocenters. The van der Waals surface area contributed by atoms with Gasteiger partial charge in [-0.15, -0.1) is 0 Å². The van der Waals surface area contributed by atoms with Gasteiger partial charge < -0.3 is 5.73 Å². The largest absolute Gasteiger partial charge is 0.321 e. The zero-order valence-electron chi connectivity index (χ0n) is 10.4. The van der Waals surface area contributed by atoms with E-state index in [1.807, 2.05) is 0 Å². The SMILES string of the molecule is CS(=O)(=O)CCC(N)C(=O)Cc1ccc(Cl)cc1F. The van der Waals surface area contributed by atoms with Gasteiger partial charge in [0.25, 0.3) is 0 Å². The van der Waals surface area contributed by atoms with Gasteiger partial charge in [0.05, 0.1) is 11.8 Å². The molecule has 4 nitrogen and oxygen atoms in total. The normalized spacial score (nSPS) is 13.3. The first-order chi connectivity index (χ1) is 8.69. The van der Waals surface area contributed by atoms with Crippen LogP contribution in [0.2, 0.25) is 5.02 Å². The van der Waals surface area contributed by atoms with Gasteiger partial charge in [0, 0.05) is 17.7 Å². The Kier molecular flexibility index (Phi) is 5.46. The van der Waals surface area contributed by atoms with Crippen LogP contribution in [0.4, 0.5) is 4.39 Å². The first kappa shape index (κ1) is 16.1. The molecular formula is C12H15ClFNO3S. The maximum atomic E-state index is 13.5. The Hall–Kier alpha value is -0.980. The maximum absolute atomic E-state index is 13.5.